The molecule has 1 heterocycles. The molecule has 1 N–H and O–H groups in total. The van der Waals surface area contributed by atoms with Crippen molar-refractivity contribution in [3.63, 3.8) is 0 Å². The van der Waals surface area contributed by atoms with Crippen molar-refractivity contribution in [2.24, 2.45) is 7.05 Å². The topological polar surface area (TPSA) is 61.8 Å². The molecule has 19 heavy (non-hydrogen) atoms. The van der Waals surface area contributed by atoms with Gasteiger partial charge in [-0.2, -0.15) is 10.4 Å². The quantitative estimate of drug-likeness (QED) is 0.936. The molecule has 4 nitrogen and oxygen atoms in total. The highest BCUT2D eigenvalue weighted by Crippen LogP contribution is 2.25. The molecule has 0 saturated carbocycles. The number of aryl methyl sites for hydroxylation is 2. The van der Waals surface area contributed by atoms with E-state index in [0.29, 0.717) is 17.1 Å². The summed E-state index contributed by atoms with van der Waals surface area (Å²) in [6.45, 7) is 1.87. The monoisotopic (exact) mass is 275 g/mol. The third kappa shape index (κ3) is 2.78. The predicted octanol–water partition coefficient (Wildman–Crippen LogP) is 2.53. The molecule has 0 aliphatic rings. The van der Waals surface area contributed by atoms with E-state index in [-0.39, 0.29) is 0 Å². The zero-order valence-electron chi connectivity index (χ0n) is 10.8. The van der Waals surface area contributed by atoms with E-state index in [2.05, 4.69) is 5.10 Å². The van der Waals surface area contributed by atoms with Crippen molar-refractivity contribution >= 4 is 11.6 Å². The van der Waals surface area contributed by atoms with Crippen LogP contribution in [0.2, 0.25) is 5.15 Å². The van der Waals surface area contributed by atoms with Gasteiger partial charge in [0.05, 0.1) is 23.4 Å². The maximum Gasteiger partial charge on any atom is 0.130 e. The molecule has 0 fully saturated rings. The Morgan fingerprint density at radius 2 is 2.05 bits per heavy atom. The number of nitrogens with zero attached hydrogens (tertiary/aromatic N) is 3. The zero-order valence-corrected chi connectivity index (χ0v) is 11.5. The van der Waals surface area contributed by atoms with Gasteiger partial charge in [0, 0.05) is 19.0 Å². The Kier molecular flexibility index (Phi) is 3.89. The molecule has 0 aliphatic carbocycles. The maximum atomic E-state index is 10.2. The van der Waals surface area contributed by atoms with Crippen molar-refractivity contribution in [1.82, 2.24) is 9.78 Å². The summed E-state index contributed by atoms with van der Waals surface area (Å²) in [6.07, 6.45) is -0.252. The largest absolute Gasteiger partial charge is 0.388 e. The molecule has 0 amide bonds. The molecule has 0 saturated heterocycles. The summed E-state index contributed by atoms with van der Waals surface area (Å²) in [5.74, 6) is 0. The molecular formula is C14H14ClN3O. The Hall–Kier alpha value is -1.83. The van der Waals surface area contributed by atoms with Gasteiger partial charge in [-0.3, -0.25) is 4.68 Å². The Labute approximate surface area is 116 Å². The van der Waals surface area contributed by atoms with Crippen molar-refractivity contribution < 1.29 is 5.11 Å². The van der Waals surface area contributed by atoms with Gasteiger partial charge in [0.2, 0.25) is 0 Å². The number of nitriles is 1. The minimum absolute atomic E-state index is 0.407. The molecule has 0 aliphatic heterocycles. The molecule has 1 aromatic heterocycles. The van der Waals surface area contributed by atoms with Gasteiger partial charge in [0.25, 0.3) is 0 Å². The number of aromatic nitrogens is 2. The first kappa shape index (κ1) is 13.6. The second kappa shape index (κ2) is 5.43. The van der Waals surface area contributed by atoms with Crippen LogP contribution in [0.5, 0.6) is 0 Å². The highest BCUT2D eigenvalue weighted by atomic mass is 35.5. The second-order valence-electron chi connectivity index (χ2n) is 4.43. The Bertz CT molecular complexity index is 625. The molecule has 98 valence electrons. The van der Waals surface area contributed by atoms with Crippen LogP contribution >= 0.6 is 11.6 Å². The summed E-state index contributed by atoms with van der Waals surface area (Å²) in [5.41, 5.74) is 3.01. The Balaban J connectivity index is 2.20. The molecule has 2 rings (SSSR count). The Morgan fingerprint density at radius 3 is 2.53 bits per heavy atom. The summed E-state index contributed by atoms with van der Waals surface area (Å²) in [6, 6.07) is 8.94. The smallest absolute Gasteiger partial charge is 0.130 e. The van der Waals surface area contributed by atoms with E-state index in [1.807, 2.05) is 13.0 Å². The van der Waals surface area contributed by atoms with E-state index >= 15 is 0 Å². The lowest BCUT2D eigenvalue weighted by Crippen LogP contribution is -2.03. The summed E-state index contributed by atoms with van der Waals surface area (Å²) < 4.78 is 1.59. The molecule has 1 unspecified atom stereocenters. The van der Waals surface area contributed by atoms with Gasteiger partial charge in [0.15, 0.2) is 0 Å². The molecule has 0 radical (unpaired) electrons. The molecule has 1 aromatic carbocycles. The summed E-state index contributed by atoms with van der Waals surface area (Å²) in [7, 11) is 1.77. The lowest BCUT2D eigenvalue weighted by atomic mass is 10.0. The third-order valence-electron chi connectivity index (χ3n) is 3.09. The molecular weight excluding hydrogens is 262 g/mol. The lowest BCUT2D eigenvalue weighted by molar-refractivity contribution is 0.178. The van der Waals surface area contributed by atoms with Crippen LogP contribution in [-0.4, -0.2) is 14.9 Å². The predicted molar refractivity (Wildman–Crippen MR) is 72.8 cm³/mol. The van der Waals surface area contributed by atoms with Crippen LogP contribution in [0.1, 0.15) is 28.5 Å². The molecule has 5 heteroatoms. The summed E-state index contributed by atoms with van der Waals surface area (Å²) in [4.78, 5) is 0. The van der Waals surface area contributed by atoms with Crippen LogP contribution < -0.4 is 0 Å². The van der Waals surface area contributed by atoms with Crippen molar-refractivity contribution in [3.8, 4) is 6.07 Å². The molecule has 1 atom stereocenters. The van der Waals surface area contributed by atoms with Crippen molar-refractivity contribution in [2.75, 3.05) is 0 Å². The highest BCUT2D eigenvalue weighted by molar-refractivity contribution is 6.30. The third-order valence-corrected chi connectivity index (χ3v) is 3.56. The highest BCUT2D eigenvalue weighted by Gasteiger charge is 2.16. The first-order chi connectivity index (χ1) is 9.02. The minimum Gasteiger partial charge on any atom is -0.388 e. The average Bonchev–Trinajstić information content (AvgIpc) is 2.65. The first-order valence-electron chi connectivity index (χ1n) is 5.89. The van der Waals surface area contributed by atoms with Crippen LogP contribution in [0, 0.1) is 18.3 Å². The maximum absolute atomic E-state index is 10.2. The van der Waals surface area contributed by atoms with Crippen LogP contribution in [-0.2, 0) is 13.5 Å². The number of aliphatic hydroxyl groups excluding tert-OH is 1. The lowest BCUT2D eigenvalue weighted by Gasteiger charge is -2.11. The van der Waals surface area contributed by atoms with E-state index in [1.54, 1.807) is 36.0 Å². The van der Waals surface area contributed by atoms with Gasteiger partial charge in [0.1, 0.15) is 5.15 Å². The number of benzene rings is 1. The fourth-order valence-electron chi connectivity index (χ4n) is 2.00. The molecule has 0 spiro atoms. The number of hydrogen-bond donors (Lipinski definition) is 1. The zero-order chi connectivity index (χ0) is 14.0. The summed E-state index contributed by atoms with van der Waals surface area (Å²) >= 11 is 6.14. The van der Waals surface area contributed by atoms with Crippen LogP contribution in [0.3, 0.4) is 0 Å². The van der Waals surface area contributed by atoms with Gasteiger partial charge in [-0.15, -0.1) is 0 Å². The van der Waals surface area contributed by atoms with E-state index < -0.39 is 6.10 Å². The SMILES string of the molecule is Cc1nn(C)c(Cl)c1CC(O)c1ccc(C#N)cc1. The fraction of sp³-hybridized carbons (Fsp3) is 0.286. The van der Waals surface area contributed by atoms with E-state index in [1.165, 1.54) is 0 Å². The van der Waals surface area contributed by atoms with Crippen LogP contribution in [0.25, 0.3) is 0 Å². The normalized spacial score (nSPS) is 12.2. The van der Waals surface area contributed by atoms with E-state index in [4.69, 9.17) is 16.9 Å². The van der Waals surface area contributed by atoms with Gasteiger partial charge in [-0.25, -0.2) is 0 Å². The number of halogens is 1. The van der Waals surface area contributed by atoms with Crippen molar-refractivity contribution in [3.05, 3.63) is 51.8 Å². The van der Waals surface area contributed by atoms with E-state index in [0.717, 1.165) is 16.8 Å². The standard InChI is InChI=1S/C14H14ClN3O/c1-9-12(14(15)18(2)17-9)7-13(19)11-5-3-10(8-16)4-6-11/h3-6,13,19H,7H2,1-2H3. The first-order valence-corrected chi connectivity index (χ1v) is 6.27. The minimum atomic E-state index is -0.659. The van der Waals surface area contributed by atoms with E-state index in [9.17, 15) is 5.11 Å². The number of rotatable bonds is 3. The number of aliphatic hydroxyl groups is 1. The average molecular weight is 276 g/mol. The van der Waals surface area contributed by atoms with Crippen LogP contribution in [0.4, 0.5) is 0 Å². The van der Waals surface area contributed by atoms with Gasteiger partial charge < -0.3 is 5.11 Å². The van der Waals surface area contributed by atoms with Crippen LogP contribution in [0.15, 0.2) is 24.3 Å². The second-order valence-corrected chi connectivity index (χ2v) is 4.79. The van der Waals surface area contributed by atoms with Gasteiger partial charge in [-0.05, 0) is 24.6 Å². The summed E-state index contributed by atoms with van der Waals surface area (Å²) in [5, 5.41) is 23.7. The van der Waals surface area contributed by atoms with Crippen molar-refractivity contribution in [1.29, 1.82) is 5.26 Å². The van der Waals surface area contributed by atoms with Gasteiger partial charge in [-0.1, -0.05) is 23.7 Å². The molecule has 0 bridgehead atoms. The van der Waals surface area contributed by atoms with Crippen molar-refractivity contribution in [2.45, 2.75) is 19.4 Å². The fourth-order valence-corrected chi connectivity index (χ4v) is 2.25. The number of hydrogen-bond acceptors (Lipinski definition) is 3. The molecule has 2 aromatic rings. The van der Waals surface area contributed by atoms with Gasteiger partial charge >= 0.3 is 0 Å². The Morgan fingerprint density at radius 1 is 1.42 bits per heavy atom.